The van der Waals surface area contributed by atoms with Crippen molar-refractivity contribution in [1.82, 2.24) is 20.3 Å². The Kier molecular flexibility index (Phi) is 3.42. The number of carbonyl (C=O) groups is 1. The highest BCUT2D eigenvalue weighted by Gasteiger charge is 2.18. The van der Waals surface area contributed by atoms with E-state index in [1.54, 1.807) is 0 Å². The summed E-state index contributed by atoms with van der Waals surface area (Å²) in [4.78, 5) is 12.2. The molecule has 0 unspecified atom stereocenters. The van der Waals surface area contributed by atoms with Crippen LogP contribution in [0, 0.1) is 0 Å². The van der Waals surface area contributed by atoms with Crippen molar-refractivity contribution in [3.63, 3.8) is 0 Å². The van der Waals surface area contributed by atoms with Crippen molar-refractivity contribution >= 4 is 16.9 Å². The summed E-state index contributed by atoms with van der Waals surface area (Å²) in [5.74, 6) is -0.00195. The molecule has 1 saturated carbocycles. The summed E-state index contributed by atoms with van der Waals surface area (Å²) in [6.45, 7) is 4.13. The molecular formula is C15H20N4O. The van der Waals surface area contributed by atoms with E-state index in [-0.39, 0.29) is 11.9 Å². The molecule has 1 amide bonds. The fourth-order valence-electron chi connectivity index (χ4n) is 2.80. The first-order valence-corrected chi connectivity index (χ1v) is 7.31. The van der Waals surface area contributed by atoms with Crippen molar-refractivity contribution in [2.75, 3.05) is 0 Å². The second-order valence-electron chi connectivity index (χ2n) is 5.79. The van der Waals surface area contributed by atoms with Gasteiger partial charge in [0, 0.05) is 17.6 Å². The first-order valence-electron chi connectivity index (χ1n) is 7.31. The summed E-state index contributed by atoms with van der Waals surface area (Å²) >= 11 is 0. The first-order chi connectivity index (χ1) is 9.65. The zero-order chi connectivity index (χ0) is 14.1. The molecule has 20 heavy (non-hydrogen) atoms. The highest BCUT2D eigenvalue weighted by atomic mass is 16.1. The van der Waals surface area contributed by atoms with Crippen molar-refractivity contribution < 1.29 is 4.79 Å². The van der Waals surface area contributed by atoms with Gasteiger partial charge in [0.1, 0.15) is 5.52 Å². The number of carbonyl (C=O) groups excluding carboxylic acids is 1. The molecule has 0 atom stereocenters. The maximum Gasteiger partial charge on any atom is 0.251 e. The topological polar surface area (TPSA) is 59.8 Å². The monoisotopic (exact) mass is 272 g/mol. The van der Waals surface area contributed by atoms with Crippen molar-refractivity contribution in [2.24, 2.45) is 0 Å². The Labute approximate surface area is 118 Å². The van der Waals surface area contributed by atoms with E-state index < -0.39 is 0 Å². The van der Waals surface area contributed by atoms with E-state index in [1.807, 2.05) is 22.9 Å². The van der Waals surface area contributed by atoms with Gasteiger partial charge in [0.05, 0.1) is 5.52 Å². The van der Waals surface area contributed by atoms with Crippen molar-refractivity contribution in [3.8, 4) is 0 Å². The average molecular weight is 272 g/mol. The standard InChI is InChI=1S/C15H20N4O/c1-10(2)19-14-8-7-11(9-13(14)17-18-19)15(20)16-12-5-3-4-6-12/h7-10,12H,3-6H2,1-2H3,(H,16,20). The molecule has 0 bridgehead atoms. The molecule has 5 heteroatoms. The SMILES string of the molecule is CC(C)n1nnc2cc(C(=O)NC3CCCC3)ccc21. The number of hydrogen-bond donors (Lipinski definition) is 1. The lowest BCUT2D eigenvalue weighted by Crippen LogP contribution is -2.32. The molecule has 1 N–H and O–H groups in total. The molecule has 0 spiro atoms. The average Bonchev–Trinajstić information content (AvgIpc) is 3.06. The van der Waals surface area contributed by atoms with Gasteiger partial charge in [-0.2, -0.15) is 0 Å². The lowest BCUT2D eigenvalue weighted by atomic mass is 10.1. The second-order valence-corrected chi connectivity index (χ2v) is 5.79. The molecule has 0 aliphatic heterocycles. The quantitative estimate of drug-likeness (QED) is 0.934. The summed E-state index contributed by atoms with van der Waals surface area (Å²) in [5.41, 5.74) is 2.41. The van der Waals surface area contributed by atoms with Crippen LogP contribution in [0.15, 0.2) is 18.2 Å². The van der Waals surface area contributed by atoms with E-state index >= 15 is 0 Å². The lowest BCUT2D eigenvalue weighted by molar-refractivity contribution is 0.0938. The molecule has 1 aromatic heterocycles. The van der Waals surface area contributed by atoms with E-state index in [9.17, 15) is 4.79 Å². The number of nitrogens with zero attached hydrogens (tertiary/aromatic N) is 3. The molecule has 1 aliphatic rings. The van der Waals surface area contributed by atoms with E-state index in [0.717, 1.165) is 23.9 Å². The molecular weight excluding hydrogens is 252 g/mol. The normalized spacial score (nSPS) is 16.1. The number of aromatic nitrogens is 3. The zero-order valence-corrected chi connectivity index (χ0v) is 12.0. The smallest absolute Gasteiger partial charge is 0.251 e. The molecule has 1 heterocycles. The second kappa shape index (κ2) is 5.23. The Hall–Kier alpha value is -1.91. The van der Waals surface area contributed by atoms with E-state index in [2.05, 4.69) is 29.5 Å². The molecule has 1 fully saturated rings. The first kappa shape index (κ1) is 13.1. The van der Waals surface area contributed by atoms with Gasteiger partial charge >= 0.3 is 0 Å². The Balaban J connectivity index is 1.83. The Morgan fingerprint density at radius 3 is 2.80 bits per heavy atom. The minimum Gasteiger partial charge on any atom is -0.349 e. The van der Waals surface area contributed by atoms with Gasteiger partial charge in [0.25, 0.3) is 5.91 Å². The minimum absolute atomic E-state index is 0.00195. The third-order valence-corrected chi connectivity index (χ3v) is 3.91. The van der Waals surface area contributed by atoms with Crippen LogP contribution in [-0.4, -0.2) is 26.9 Å². The van der Waals surface area contributed by atoms with Crippen molar-refractivity contribution in [1.29, 1.82) is 0 Å². The zero-order valence-electron chi connectivity index (χ0n) is 12.0. The number of fused-ring (bicyclic) bond motifs is 1. The van der Waals surface area contributed by atoms with Gasteiger partial charge in [0.15, 0.2) is 0 Å². The van der Waals surface area contributed by atoms with Gasteiger partial charge in [-0.15, -0.1) is 5.10 Å². The third kappa shape index (κ3) is 2.40. The molecule has 0 radical (unpaired) electrons. The molecule has 1 aliphatic carbocycles. The highest BCUT2D eigenvalue weighted by Crippen LogP contribution is 2.20. The molecule has 106 valence electrons. The van der Waals surface area contributed by atoms with Crippen LogP contribution in [0.4, 0.5) is 0 Å². The summed E-state index contributed by atoms with van der Waals surface area (Å²) in [6, 6.07) is 6.21. The van der Waals surface area contributed by atoms with Gasteiger partial charge in [-0.1, -0.05) is 18.1 Å². The minimum atomic E-state index is -0.00195. The van der Waals surface area contributed by atoms with E-state index in [0.29, 0.717) is 11.6 Å². The summed E-state index contributed by atoms with van der Waals surface area (Å²) in [5, 5.41) is 11.4. The number of benzene rings is 1. The maximum absolute atomic E-state index is 12.2. The Bertz CT molecular complexity index is 626. The maximum atomic E-state index is 12.2. The lowest BCUT2D eigenvalue weighted by Gasteiger charge is -2.11. The van der Waals surface area contributed by atoms with Crippen LogP contribution in [0.1, 0.15) is 55.9 Å². The van der Waals surface area contributed by atoms with Gasteiger partial charge in [0.2, 0.25) is 0 Å². The van der Waals surface area contributed by atoms with Crippen LogP contribution < -0.4 is 5.32 Å². The molecule has 0 saturated heterocycles. The fraction of sp³-hybridized carbons (Fsp3) is 0.533. The molecule has 3 rings (SSSR count). The van der Waals surface area contributed by atoms with Crippen LogP contribution in [-0.2, 0) is 0 Å². The number of amides is 1. The van der Waals surface area contributed by atoms with Crippen LogP contribution >= 0.6 is 0 Å². The van der Waals surface area contributed by atoms with Crippen molar-refractivity contribution in [3.05, 3.63) is 23.8 Å². The van der Waals surface area contributed by atoms with Gasteiger partial charge in [-0.25, -0.2) is 4.68 Å². The Morgan fingerprint density at radius 2 is 2.10 bits per heavy atom. The summed E-state index contributed by atoms with van der Waals surface area (Å²) in [6.07, 6.45) is 4.62. The van der Waals surface area contributed by atoms with Crippen LogP contribution in [0.25, 0.3) is 11.0 Å². The molecule has 5 nitrogen and oxygen atoms in total. The van der Waals surface area contributed by atoms with Crippen molar-refractivity contribution in [2.45, 2.75) is 51.6 Å². The summed E-state index contributed by atoms with van der Waals surface area (Å²) < 4.78 is 1.87. The predicted molar refractivity (Wildman–Crippen MR) is 77.6 cm³/mol. The molecule has 2 aromatic rings. The number of hydrogen-bond acceptors (Lipinski definition) is 3. The number of nitrogens with one attached hydrogen (secondary N) is 1. The predicted octanol–water partition coefficient (Wildman–Crippen LogP) is 2.68. The van der Waals surface area contributed by atoms with Crippen LogP contribution in [0.2, 0.25) is 0 Å². The van der Waals surface area contributed by atoms with Crippen LogP contribution in [0.5, 0.6) is 0 Å². The Morgan fingerprint density at radius 1 is 1.35 bits per heavy atom. The van der Waals surface area contributed by atoms with Gasteiger partial charge in [-0.3, -0.25) is 4.79 Å². The number of rotatable bonds is 3. The van der Waals surface area contributed by atoms with Crippen LogP contribution in [0.3, 0.4) is 0 Å². The largest absolute Gasteiger partial charge is 0.349 e. The van der Waals surface area contributed by atoms with E-state index in [4.69, 9.17) is 0 Å². The van der Waals surface area contributed by atoms with Gasteiger partial charge < -0.3 is 5.32 Å². The summed E-state index contributed by atoms with van der Waals surface area (Å²) in [7, 11) is 0. The molecule has 1 aromatic carbocycles. The fourth-order valence-corrected chi connectivity index (χ4v) is 2.80. The van der Waals surface area contributed by atoms with E-state index in [1.165, 1.54) is 12.8 Å². The third-order valence-electron chi connectivity index (χ3n) is 3.91. The van der Waals surface area contributed by atoms with Gasteiger partial charge in [-0.05, 0) is 44.9 Å². The highest BCUT2D eigenvalue weighted by molar-refractivity contribution is 5.97.